The fourth-order valence-corrected chi connectivity index (χ4v) is 3.19. The predicted octanol–water partition coefficient (Wildman–Crippen LogP) is 4.83. The monoisotopic (exact) mass is 434 g/mol. The van der Waals surface area contributed by atoms with Crippen molar-refractivity contribution in [1.82, 2.24) is 15.0 Å². The number of carbonyl (C=O) groups excluding carboxylic acids is 1. The van der Waals surface area contributed by atoms with Crippen molar-refractivity contribution >= 4 is 51.0 Å². The number of nitrogens with one attached hydrogen (secondary N) is 1. The first-order chi connectivity index (χ1) is 12.1. The van der Waals surface area contributed by atoms with Crippen molar-refractivity contribution in [3.63, 3.8) is 0 Å². The molecule has 0 aliphatic heterocycles. The lowest BCUT2D eigenvalue weighted by Crippen LogP contribution is -2.16. The van der Waals surface area contributed by atoms with Crippen LogP contribution >= 0.6 is 39.3 Å². The summed E-state index contributed by atoms with van der Waals surface area (Å²) in [6.45, 7) is 0. The highest BCUT2D eigenvalue weighted by atomic mass is 79.9. The van der Waals surface area contributed by atoms with Gasteiger partial charge in [0, 0.05) is 23.2 Å². The molecule has 2 aromatic heterocycles. The number of amides is 1. The van der Waals surface area contributed by atoms with Crippen molar-refractivity contribution in [3.8, 4) is 0 Å². The van der Waals surface area contributed by atoms with Gasteiger partial charge in [-0.3, -0.25) is 4.79 Å². The van der Waals surface area contributed by atoms with Crippen LogP contribution in [0.25, 0.3) is 0 Å². The highest BCUT2D eigenvalue weighted by Gasteiger charge is 2.15. The summed E-state index contributed by atoms with van der Waals surface area (Å²) in [4.78, 5) is 25.1. The summed E-state index contributed by atoms with van der Waals surface area (Å²) in [6.07, 6.45) is 3.18. The quantitative estimate of drug-likeness (QED) is 0.459. The molecule has 3 aromatic rings. The van der Waals surface area contributed by atoms with E-state index in [-0.39, 0.29) is 11.6 Å². The number of thioether (sulfide) groups is 1. The van der Waals surface area contributed by atoms with Crippen LogP contribution in [0.5, 0.6) is 0 Å². The summed E-state index contributed by atoms with van der Waals surface area (Å²) < 4.78 is 0.525. The molecular formula is C17H12BrClN4OS. The molecule has 0 bridgehead atoms. The van der Waals surface area contributed by atoms with E-state index < -0.39 is 0 Å². The smallest absolute Gasteiger partial charge is 0.276 e. The van der Waals surface area contributed by atoms with Gasteiger partial charge in [-0.1, -0.05) is 41.6 Å². The molecule has 25 heavy (non-hydrogen) atoms. The van der Waals surface area contributed by atoms with Gasteiger partial charge in [0.1, 0.15) is 11.5 Å². The third-order valence-corrected chi connectivity index (χ3v) is 4.89. The summed E-state index contributed by atoms with van der Waals surface area (Å²) in [5.41, 5.74) is 1.36. The number of anilines is 1. The van der Waals surface area contributed by atoms with Gasteiger partial charge in [0.2, 0.25) is 0 Å². The first-order valence-corrected chi connectivity index (χ1v) is 9.39. The molecule has 0 aliphatic rings. The molecule has 0 aliphatic carbocycles. The second-order valence-electron chi connectivity index (χ2n) is 4.93. The molecule has 0 atom stereocenters. The second kappa shape index (κ2) is 8.42. The zero-order chi connectivity index (χ0) is 17.6. The molecule has 0 saturated heterocycles. The summed E-state index contributed by atoms with van der Waals surface area (Å²) in [6, 6.07) is 12.9. The number of nitrogens with zero attached hydrogens (tertiary/aromatic N) is 3. The number of pyridine rings is 1. The minimum Gasteiger partial charge on any atom is -0.305 e. The first-order valence-electron chi connectivity index (χ1n) is 7.24. The fourth-order valence-electron chi connectivity index (χ4n) is 1.92. The Labute approximate surface area is 162 Å². The molecule has 0 saturated carbocycles. The topological polar surface area (TPSA) is 67.8 Å². The number of carbonyl (C=O) groups is 1. The summed E-state index contributed by atoms with van der Waals surface area (Å²) in [5, 5.41) is 3.93. The van der Waals surface area contributed by atoms with Gasteiger partial charge in [0.05, 0.1) is 4.47 Å². The molecular weight excluding hydrogens is 424 g/mol. The molecule has 5 nitrogen and oxygen atoms in total. The molecule has 1 N–H and O–H groups in total. The van der Waals surface area contributed by atoms with E-state index in [4.69, 9.17) is 11.6 Å². The molecule has 8 heteroatoms. The third-order valence-electron chi connectivity index (χ3n) is 3.12. The normalized spacial score (nSPS) is 10.5. The van der Waals surface area contributed by atoms with Crippen molar-refractivity contribution in [2.75, 3.05) is 5.32 Å². The first kappa shape index (κ1) is 17.8. The Hall–Kier alpha value is -1.96. The minimum atomic E-state index is -0.346. The number of aromatic nitrogens is 3. The van der Waals surface area contributed by atoms with Crippen molar-refractivity contribution < 1.29 is 4.79 Å². The van der Waals surface area contributed by atoms with Gasteiger partial charge in [-0.05, 0) is 45.8 Å². The number of halogens is 2. The van der Waals surface area contributed by atoms with E-state index in [1.807, 2.05) is 24.3 Å². The van der Waals surface area contributed by atoms with Crippen LogP contribution in [0.4, 0.5) is 5.82 Å². The van der Waals surface area contributed by atoms with E-state index in [0.29, 0.717) is 26.2 Å². The van der Waals surface area contributed by atoms with Gasteiger partial charge in [-0.25, -0.2) is 15.0 Å². The molecule has 3 rings (SSSR count). The fraction of sp³-hybridized carbons (Fsp3) is 0.0588. The van der Waals surface area contributed by atoms with Crippen LogP contribution in [0.3, 0.4) is 0 Å². The maximum absolute atomic E-state index is 12.4. The zero-order valence-electron chi connectivity index (χ0n) is 12.8. The third kappa shape index (κ3) is 5.01. The van der Waals surface area contributed by atoms with Gasteiger partial charge in [0.25, 0.3) is 5.91 Å². The molecule has 2 heterocycles. The maximum Gasteiger partial charge on any atom is 0.276 e. The Morgan fingerprint density at radius 2 is 1.96 bits per heavy atom. The number of hydrogen-bond acceptors (Lipinski definition) is 5. The van der Waals surface area contributed by atoms with Crippen LogP contribution in [0.2, 0.25) is 5.02 Å². The Morgan fingerprint density at radius 3 is 2.68 bits per heavy atom. The average molecular weight is 436 g/mol. The molecule has 0 fully saturated rings. The van der Waals surface area contributed by atoms with Crippen LogP contribution in [0.15, 0.2) is 64.5 Å². The predicted molar refractivity (Wildman–Crippen MR) is 103 cm³/mol. The van der Waals surface area contributed by atoms with Crippen molar-refractivity contribution in [2.24, 2.45) is 0 Å². The van der Waals surface area contributed by atoms with Crippen molar-refractivity contribution in [3.05, 3.63) is 75.6 Å². The zero-order valence-corrected chi connectivity index (χ0v) is 16.0. The second-order valence-corrected chi connectivity index (χ2v) is 7.17. The Morgan fingerprint density at radius 1 is 1.16 bits per heavy atom. The van der Waals surface area contributed by atoms with E-state index in [9.17, 15) is 4.79 Å². The van der Waals surface area contributed by atoms with Crippen molar-refractivity contribution in [2.45, 2.75) is 10.9 Å². The summed E-state index contributed by atoms with van der Waals surface area (Å²) in [7, 11) is 0. The molecule has 0 radical (unpaired) electrons. The van der Waals surface area contributed by atoms with E-state index in [1.54, 1.807) is 30.6 Å². The SMILES string of the molecule is O=C(Nc1ccccn1)c1nc(SCc2ccc(Cl)cc2)ncc1Br. The number of hydrogen-bond donors (Lipinski definition) is 1. The molecule has 0 spiro atoms. The van der Waals surface area contributed by atoms with Gasteiger partial charge < -0.3 is 5.32 Å². The van der Waals surface area contributed by atoms with Gasteiger partial charge in [-0.15, -0.1) is 0 Å². The Kier molecular flexibility index (Phi) is 6.01. The Balaban J connectivity index is 1.71. The van der Waals surface area contributed by atoms with Gasteiger partial charge in [0.15, 0.2) is 5.16 Å². The van der Waals surface area contributed by atoms with Crippen LogP contribution in [0.1, 0.15) is 16.1 Å². The van der Waals surface area contributed by atoms with Crippen LogP contribution < -0.4 is 5.32 Å². The molecule has 1 aromatic carbocycles. The minimum absolute atomic E-state index is 0.263. The van der Waals surface area contributed by atoms with E-state index in [2.05, 4.69) is 36.2 Å². The summed E-state index contributed by atoms with van der Waals surface area (Å²) >= 11 is 10.6. The molecule has 126 valence electrons. The van der Waals surface area contributed by atoms with Crippen LogP contribution in [0, 0.1) is 0 Å². The van der Waals surface area contributed by atoms with Crippen LogP contribution in [-0.2, 0) is 5.75 Å². The highest BCUT2D eigenvalue weighted by molar-refractivity contribution is 9.10. The summed E-state index contributed by atoms with van der Waals surface area (Å²) in [5.74, 6) is 0.801. The number of rotatable bonds is 5. The Bertz CT molecular complexity index is 878. The average Bonchev–Trinajstić information content (AvgIpc) is 2.63. The lowest BCUT2D eigenvalue weighted by atomic mass is 10.2. The lowest BCUT2D eigenvalue weighted by molar-refractivity contribution is 0.102. The van der Waals surface area contributed by atoms with Crippen molar-refractivity contribution in [1.29, 1.82) is 0 Å². The largest absolute Gasteiger partial charge is 0.305 e. The molecule has 1 amide bonds. The van der Waals surface area contributed by atoms with E-state index in [1.165, 1.54) is 11.8 Å². The van der Waals surface area contributed by atoms with Gasteiger partial charge >= 0.3 is 0 Å². The van der Waals surface area contributed by atoms with Crippen LogP contribution in [-0.4, -0.2) is 20.9 Å². The van der Waals surface area contributed by atoms with E-state index in [0.717, 1.165) is 5.56 Å². The maximum atomic E-state index is 12.4. The lowest BCUT2D eigenvalue weighted by Gasteiger charge is -2.07. The standard InChI is InChI=1S/C17H12BrClN4OS/c18-13-9-21-17(25-10-11-4-6-12(19)7-5-11)23-15(13)16(24)22-14-3-1-2-8-20-14/h1-9H,10H2,(H,20,22,24). The van der Waals surface area contributed by atoms with Gasteiger partial charge in [-0.2, -0.15) is 0 Å². The molecule has 0 unspecified atom stereocenters. The van der Waals surface area contributed by atoms with E-state index >= 15 is 0 Å². The number of benzene rings is 1. The highest BCUT2D eigenvalue weighted by Crippen LogP contribution is 2.23.